The van der Waals surface area contributed by atoms with E-state index in [1.807, 2.05) is 10.6 Å². The largest absolute Gasteiger partial charge is 0.389 e. The highest BCUT2D eigenvalue weighted by atomic mass is 32.1. The SMILES string of the molecule is CC(C)c1ccc(C(N)=S)c(=O)n1C1CCCC1. The molecule has 0 amide bonds. The smallest absolute Gasteiger partial charge is 0.261 e. The Morgan fingerprint density at radius 2 is 2.00 bits per heavy atom. The molecule has 2 N–H and O–H groups in total. The Labute approximate surface area is 113 Å². The average molecular weight is 264 g/mol. The fourth-order valence-electron chi connectivity index (χ4n) is 2.76. The van der Waals surface area contributed by atoms with Gasteiger partial charge in [-0.05, 0) is 30.9 Å². The van der Waals surface area contributed by atoms with Crippen molar-refractivity contribution < 1.29 is 0 Å². The van der Waals surface area contributed by atoms with E-state index in [1.165, 1.54) is 12.8 Å². The molecule has 1 aromatic rings. The summed E-state index contributed by atoms with van der Waals surface area (Å²) in [6, 6.07) is 4.09. The van der Waals surface area contributed by atoms with Crippen LogP contribution in [0.5, 0.6) is 0 Å². The quantitative estimate of drug-likeness (QED) is 0.854. The Bertz CT molecular complexity index is 513. The van der Waals surface area contributed by atoms with E-state index in [2.05, 4.69) is 13.8 Å². The van der Waals surface area contributed by atoms with Crippen LogP contribution in [-0.2, 0) is 0 Å². The van der Waals surface area contributed by atoms with Gasteiger partial charge in [0, 0.05) is 11.7 Å². The molecule has 1 aliphatic carbocycles. The van der Waals surface area contributed by atoms with E-state index in [0.29, 0.717) is 17.5 Å². The van der Waals surface area contributed by atoms with Crippen LogP contribution in [0.15, 0.2) is 16.9 Å². The zero-order valence-electron chi connectivity index (χ0n) is 11.0. The van der Waals surface area contributed by atoms with Gasteiger partial charge in [0.2, 0.25) is 0 Å². The Kier molecular flexibility index (Phi) is 3.85. The molecule has 1 fully saturated rings. The summed E-state index contributed by atoms with van der Waals surface area (Å²) in [4.78, 5) is 12.7. The van der Waals surface area contributed by atoms with Crippen molar-refractivity contribution in [2.24, 2.45) is 5.73 Å². The van der Waals surface area contributed by atoms with Gasteiger partial charge in [-0.3, -0.25) is 4.79 Å². The fraction of sp³-hybridized carbons (Fsp3) is 0.571. The Morgan fingerprint density at radius 3 is 2.50 bits per heavy atom. The Morgan fingerprint density at radius 1 is 1.39 bits per heavy atom. The van der Waals surface area contributed by atoms with Gasteiger partial charge in [-0.1, -0.05) is 38.9 Å². The molecule has 1 heterocycles. The molecule has 4 heteroatoms. The summed E-state index contributed by atoms with van der Waals surface area (Å²) in [6.07, 6.45) is 4.57. The van der Waals surface area contributed by atoms with Crippen molar-refractivity contribution in [2.75, 3.05) is 0 Å². The molecule has 0 atom stereocenters. The second-order valence-corrected chi connectivity index (χ2v) is 5.74. The highest BCUT2D eigenvalue weighted by molar-refractivity contribution is 7.80. The number of hydrogen-bond donors (Lipinski definition) is 1. The zero-order chi connectivity index (χ0) is 13.3. The zero-order valence-corrected chi connectivity index (χ0v) is 11.8. The van der Waals surface area contributed by atoms with E-state index >= 15 is 0 Å². The molecular formula is C14H20N2OS. The van der Waals surface area contributed by atoms with Gasteiger partial charge in [0.15, 0.2) is 0 Å². The standard InChI is InChI=1S/C14H20N2OS/c1-9(2)12-8-7-11(13(15)18)14(17)16(12)10-5-3-4-6-10/h7-10H,3-6H2,1-2H3,(H2,15,18). The molecule has 0 saturated heterocycles. The minimum atomic E-state index is -0.0133. The maximum Gasteiger partial charge on any atom is 0.261 e. The van der Waals surface area contributed by atoms with Crippen LogP contribution in [0, 0.1) is 0 Å². The molecule has 1 saturated carbocycles. The van der Waals surface area contributed by atoms with Crippen LogP contribution >= 0.6 is 12.2 Å². The molecule has 1 aromatic heterocycles. The number of rotatable bonds is 3. The number of thiocarbonyl (C=S) groups is 1. The third-order valence-electron chi connectivity index (χ3n) is 3.69. The van der Waals surface area contributed by atoms with Crippen molar-refractivity contribution in [1.82, 2.24) is 4.57 Å². The van der Waals surface area contributed by atoms with E-state index in [9.17, 15) is 4.79 Å². The molecule has 1 aliphatic rings. The van der Waals surface area contributed by atoms with E-state index < -0.39 is 0 Å². The first-order chi connectivity index (χ1) is 8.52. The van der Waals surface area contributed by atoms with Crippen LogP contribution in [0.25, 0.3) is 0 Å². The molecule has 0 bridgehead atoms. The van der Waals surface area contributed by atoms with Crippen LogP contribution in [0.4, 0.5) is 0 Å². The molecule has 0 radical (unpaired) electrons. The number of nitrogens with two attached hydrogens (primary N) is 1. The number of aromatic nitrogens is 1. The van der Waals surface area contributed by atoms with Crippen LogP contribution in [-0.4, -0.2) is 9.56 Å². The van der Waals surface area contributed by atoms with Gasteiger partial charge in [-0.2, -0.15) is 0 Å². The summed E-state index contributed by atoms with van der Waals surface area (Å²) in [7, 11) is 0. The summed E-state index contributed by atoms with van der Waals surface area (Å²) in [5, 5.41) is 0. The van der Waals surface area contributed by atoms with Gasteiger partial charge in [-0.25, -0.2) is 0 Å². The van der Waals surface area contributed by atoms with E-state index in [-0.39, 0.29) is 10.5 Å². The Balaban J connectivity index is 2.60. The minimum absolute atomic E-state index is 0.0133. The normalized spacial score (nSPS) is 16.4. The van der Waals surface area contributed by atoms with Crippen LogP contribution < -0.4 is 11.3 Å². The summed E-state index contributed by atoms with van der Waals surface area (Å²) in [5.74, 6) is 0.332. The molecule has 0 spiro atoms. The molecule has 2 rings (SSSR count). The summed E-state index contributed by atoms with van der Waals surface area (Å²) >= 11 is 4.96. The van der Waals surface area contributed by atoms with Crippen LogP contribution in [0.2, 0.25) is 0 Å². The third kappa shape index (κ3) is 2.34. The molecule has 0 aliphatic heterocycles. The third-order valence-corrected chi connectivity index (χ3v) is 3.91. The van der Waals surface area contributed by atoms with Crippen molar-refractivity contribution >= 4 is 17.2 Å². The number of pyridine rings is 1. The van der Waals surface area contributed by atoms with Crippen molar-refractivity contribution in [3.8, 4) is 0 Å². The lowest BCUT2D eigenvalue weighted by Crippen LogP contribution is -2.33. The van der Waals surface area contributed by atoms with Gasteiger partial charge in [0.05, 0.1) is 5.56 Å². The maximum atomic E-state index is 12.5. The van der Waals surface area contributed by atoms with E-state index in [4.69, 9.17) is 18.0 Å². The lowest BCUT2D eigenvalue weighted by atomic mass is 10.1. The molecule has 18 heavy (non-hydrogen) atoms. The lowest BCUT2D eigenvalue weighted by Gasteiger charge is -2.22. The first-order valence-electron chi connectivity index (χ1n) is 6.57. The predicted molar refractivity (Wildman–Crippen MR) is 78.2 cm³/mol. The minimum Gasteiger partial charge on any atom is -0.389 e. The van der Waals surface area contributed by atoms with Crippen LogP contribution in [0.3, 0.4) is 0 Å². The molecule has 0 unspecified atom stereocenters. The van der Waals surface area contributed by atoms with E-state index in [0.717, 1.165) is 18.5 Å². The molecule has 0 aromatic carbocycles. The predicted octanol–water partition coefficient (Wildman–Crippen LogP) is 2.72. The van der Waals surface area contributed by atoms with E-state index in [1.54, 1.807) is 6.07 Å². The first kappa shape index (κ1) is 13.3. The summed E-state index contributed by atoms with van der Waals surface area (Å²) < 4.78 is 1.94. The van der Waals surface area contributed by atoms with Gasteiger partial charge in [0.25, 0.3) is 5.56 Å². The lowest BCUT2D eigenvalue weighted by molar-refractivity contribution is 0.473. The van der Waals surface area contributed by atoms with Gasteiger partial charge in [0.1, 0.15) is 4.99 Å². The Hall–Kier alpha value is -1.16. The molecular weight excluding hydrogens is 244 g/mol. The van der Waals surface area contributed by atoms with Gasteiger partial charge >= 0.3 is 0 Å². The second kappa shape index (κ2) is 5.22. The number of hydrogen-bond acceptors (Lipinski definition) is 2. The fourth-order valence-corrected chi connectivity index (χ4v) is 2.92. The first-order valence-corrected chi connectivity index (χ1v) is 6.98. The van der Waals surface area contributed by atoms with Crippen molar-refractivity contribution in [3.63, 3.8) is 0 Å². The van der Waals surface area contributed by atoms with Crippen molar-refractivity contribution in [3.05, 3.63) is 33.7 Å². The summed E-state index contributed by atoms with van der Waals surface area (Å²) in [6.45, 7) is 4.22. The highest BCUT2D eigenvalue weighted by Crippen LogP contribution is 2.31. The summed E-state index contributed by atoms with van der Waals surface area (Å²) in [5.41, 5.74) is 7.18. The van der Waals surface area contributed by atoms with Crippen molar-refractivity contribution in [2.45, 2.75) is 51.5 Å². The maximum absolute atomic E-state index is 12.5. The highest BCUT2D eigenvalue weighted by Gasteiger charge is 2.23. The van der Waals surface area contributed by atoms with Crippen LogP contribution in [0.1, 0.15) is 62.7 Å². The second-order valence-electron chi connectivity index (χ2n) is 5.30. The van der Waals surface area contributed by atoms with Gasteiger partial charge < -0.3 is 10.3 Å². The topological polar surface area (TPSA) is 48.0 Å². The molecule has 3 nitrogen and oxygen atoms in total. The molecule has 98 valence electrons. The average Bonchev–Trinajstić information content (AvgIpc) is 2.80. The van der Waals surface area contributed by atoms with Gasteiger partial charge in [-0.15, -0.1) is 0 Å². The van der Waals surface area contributed by atoms with Crippen molar-refractivity contribution in [1.29, 1.82) is 0 Å². The number of nitrogens with zero attached hydrogens (tertiary/aromatic N) is 1. The monoisotopic (exact) mass is 264 g/mol.